The number of benzene rings is 1. The van der Waals surface area contributed by atoms with Crippen LogP contribution in [-0.2, 0) is 4.79 Å². The van der Waals surface area contributed by atoms with Crippen LogP contribution in [0, 0.1) is 0 Å². The van der Waals surface area contributed by atoms with Crippen LogP contribution >= 0.6 is 0 Å². The highest BCUT2D eigenvalue weighted by Crippen LogP contribution is 2.18. The maximum absolute atomic E-state index is 11.7. The number of hydrogen-bond acceptors (Lipinski definition) is 3. The lowest BCUT2D eigenvalue weighted by molar-refractivity contribution is -0.122. The van der Waals surface area contributed by atoms with Gasteiger partial charge in [-0.1, -0.05) is 12.1 Å². The highest BCUT2D eigenvalue weighted by atomic mass is 16.5. The van der Waals surface area contributed by atoms with Crippen LogP contribution in [0.15, 0.2) is 24.3 Å². The molecule has 4 heteroatoms. The first-order chi connectivity index (χ1) is 9.38. The number of rotatable bonds is 7. The third-order valence-corrected chi connectivity index (χ3v) is 2.92. The summed E-state index contributed by atoms with van der Waals surface area (Å²) in [5, 5.41) is 12.1. The van der Waals surface area contributed by atoms with Gasteiger partial charge in [0, 0.05) is 6.42 Å². The monoisotopic (exact) mass is 279 g/mol. The van der Waals surface area contributed by atoms with Gasteiger partial charge >= 0.3 is 0 Å². The van der Waals surface area contributed by atoms with Crippen LogP contribution in [0.4, 0.5) is 0 Å². The van der Waals surface area contributed by atoms with Gasteiger partial charge < -0.3 is 15.2 Å². The average molecular weight is 279 g/mol. The predicted molar refractivity (Wildman–Crippen MR) is 79.7 cm³/mol. The Balaban J connectivity index is 2.50. The maximum atomic E-state index is 11.7. The first-order valence-corrected chi connectivity index (χ1v) is 7.12. The molecule has 0 aliphatic heterocycles. The van der Waals surface area contributed by atoms with Crippen LogP contribution in [-0.4, -0.2) is 23.2 Å². The second kappa shape index (κ2) is 7.90. The van der Waals surface area contributed by atoms with Gasteiger partial charge in [0.15, 0.2) is 0 Å². The molecule has 20 heavy (non-hydrogen) atoms. The fraction of sp³-hybridized carbons (Fsp3) is 0.562. The molecule has 2 unspecified atom stereocenters. The summed E-state index contributed by atoms with van der Waals surface area (Å²) in [6, 6.07) is 7.68. The fourth-order valence-electron chi connectivity index (χ4n) is 1.84. The Bertz CT molecular complexity index is 412. The molecule has 0 radical (unpaired) electrons. The molecule has 1 rings (SSSR count). The molecule has 112 valence electrons. The molecule has 1 aromatic rings. The van der Waals surface area contributed by atoms with Gasteiger partial charge in [0.05, 0.1) is 18.2 Å². The van der Waals surface area contributed by atoms with Crippen molar-refractivity contribution in [2.45, 2.75) is 58.8 Å². The van der Waals surface area contributed by atoms with Crippen LogP contribution in [0.1, 0.15) is 52.1 Å². The van der Waals surface area contributed by atoms with E-state index in [2.05, 4.69) is 5.32 Å². The van der Waals surface area contributed by atoms with Crippen LogP contribution in [0.25, 0.3) is 0 Å². The Morgan fingerprint density at radius 3 is 2.30 bits per heavy atom. The van der Waals surface area contributed by atoms with Crippen molar-refractivity contribution in [1.29, 1.82) is 0 Å². The molecule has 1 aromatic carbocycles. The minimum Gasteiger partial charge on any atom is -0.491 e. The van der Waals surface area contributed by atoms with E-state index in [9.17, 15) is 4.79 Å². The molecule has 0 bridgehead atoms. The van der Waals surface area contributed by atoms with Crippen LogP contribution < -0.4 is 10.1 Å². The van der Waals surface area contributed by atoms with Crippen LogP contribution in [0.2, 0.25) is 0 Å². The number of aliphatic hydroxyl groups is 1. The van der Waals surface area contributed by atoms with Gasteiger partial charge in [0.25, 0.3) is 0 Å². The molecule has 2 atom stereocenters. The molecular formula is C16H25NO3. The van der Waals surface area contributed by atoms with Gasteiger partial charge in [-0.3, -0.25) is 4.79 Å². The highest BCUT2D eigenvalue weighted by molar-refractivity contribution is 5.76. The first-order valence-electron chi connectivity index (χ1n) is 7.12. The summed E-state index contributed by atoms with van der Waals surface area (Å²) in [7, 11) is 0. The van der Waals surface area contributed by atoms with Crippen LogP contribution in [0.3, 0.4) is 0 Å². The lowest BCUT2D eigenvalue weighted by atomic mass is 10.1. The minimum atomic E-state index is -0.441. The zero-order chi connectivity index (χ0) is 15.1. The minimum absolute atomic E-state index is 0.0408. The Hall–Kier alpha value is -1.55. The summed E-state index contributed by atoms with van der Waals surface area (Å²) < 4.78 is 5.58. The zero-order valence-electron chi connectivity index (χ0n) is 12.7. The molecule has 0 spiro atoms. The van der Waals surface area contributed by atoms with E-state index < -0.39 is 6.10 Å². The second-order valence-corrected chi connectivity index (χ2v) is 5.41. The summed E-state index contributed by atoms with van der Waals surface area (Å²) in [5.41, 5.74) is 1.03. The first kappa shape index (κ1) is 16.5. The summed E-state index contributed by atoms with van der Waals surface area (Å²) in [5.74, 6) is 0.789. The Labute approximate surface area is 121 Å². The van der Waals surface area contributed by atoms with Crippen LogP contribution in [0.5, 0.6) is 5.75 Å². The standard InChI is InChI=1S/C16H25NO3/c1-11(2)20-15-8-6-14(7-9-15)13(4)17-16(19)10-5-12(3)18/h6-9,11-13,18H,5,10H2,1-4H3,(H,17,19). The van der Waals surface area contributed by atoms with Crippen molar-refractivity contribution in [2.75, 3.05) is 0 Å². The molecule has 1 amide bonds. The molecule has 0 aliphatic carbocycles. The summed E-state index contributed by atoms with van der Waals surface area (Å²) in [4.78, 5) is 11.7. The van der Waals surface area contributed by atoms with Crippen molar-refractivity contribution in [1.82, 2.24) is 5.32 Å². The quantitative estimate of drug-likeness (QED) is 0.807. The fourth-order valence-corrected chi connectivity index (χ4v) is 1.84. The molecule has 2 N–H and O–H groups in total. The van der Waals surface area contributed by atoms with E-state index in [1.165, 1.54) is 0 Å². The average Bonchev–Trinajstić information content (AvgIpc) is 2.36. The number of ether oxygens (including phenoxy) is 1. The lowest BCUT2D eigenvalue weighted by Gasteiger charge is -2.16. The molecule has 4 nitrogen and oxygen atoms in total. The van der Waals surface area contributed by atoms with E-state index in [0.717, 1.165) is 11.3 Å². The van der Waals surface area contributed by atoms with Gasteiger partial charge in [-0.15, -0.1) is 0 Å². The number of amides is 1. The number of nitrogens with one attached hydrogen (secondary N) is 1. The van der Waals surface area contributed by atoms with Gasteiger partial charge in [-0.2, -0.15) is 0 Å². The van der Waals surface area contributed by atoms with Crippen molar-refractivity contribution in [3.63, 3.8) is 0 Å². The Morgan fingerprint density at radius 1 is 1.20 bits per heavy atom. The van der Waals surface area contributed by atoms with Crippen molar-refractivity contribution in [3.8, 4) is 5.75 Å². The molecule has 0 aromatic heterocycles. The van der Waals surface area contributed by atoms with Gasteiger partial charge in [-0.05, 0) is 51.8 Å². The topological polar surface area (TPSA) is 58.6 Å². The Morgan fingerprint density at radius 2 is 1.80 bits per heavy atom. The van der Waals surface area contributed by atoms with Crippen molar-refractivity contribution in [2.24, 2.45) is 0 Å². The van der Waals surface area contributed by atoms with E-state index in [4.69, 9.17) is 9.84 Å². The van der Waals surface area contributed by atoms with Crippen molar-refractivity contribution in [3.05, 3.63) is 29.8 Å². The lowest BCUT2D eigenvalue weighted by Crippen LogP contribution is -2.27. The zero-order valence-corrected chi connectivity index (χ0v) is 12.7. The largest absolute Gasteiger partial charge is 0.491 e. The molecule has 0 aliphatic rings. The third kappa shape index (κ3) is 6.06. The van der Waals surface area contributed by atoms with Crippen molar-refractivity contribution >= 4 is 5.91 Å². The maximum Gasteiger partial charge on any atom is 0.220 e. The van der Waals surface area contributed by atoms with E-state index in [-0.39, 0.29) is 18.1 Å². The normalized spacial score (nSPS) is 13.9. The van der Waals surface area contributed by atoms with E-state index in [1.807, 2.05) is 45.0 Å². The van der Waals surface area contributed by atoms with Gasteiger partial charge in [0.1, 0.15) is 5.75 Å². The summed E-state index contributed by atoms with van der Waals surface area (Å²) in [6.07, 6.45) is 0.540. The van der Waals surface area contributed by atoms with Gasteiger partial charge in [-0.25, -0.2) is 0 Å². The molecule has 0 fully saturated rings. The number of carbonyl (C=O) groups excluding carboxylic acids is 1. The molecule has 0 saturated heterocycles. The number of carbonyl (C=O) groups is 1. The molecule has 0 saturated carbocycles. The number of aliphatic hydroxyl groups excluding tert-OH is 1. The van der Waals surface area contributed by atoms with Gasteiger partial charge in [0.2, 0.25) is 5.91 Å². The molecule has 0 heterocycles. The smallest absolute Gasteiger partial charge is 0.220 e. The van der Waals surface area contributed by atoms with E-state index in [0.29, 0.717) is 12.8 Å². The summed E-state index contributed by atoms with van der Waals surface area (Å²) in [6.45, 7) is 7.60. The summed E-state index contributed by atoms with van der Waals surface area (Å²) >= 11 is 0. The SMILES string of the molecule is CC(O)CCC(=O)NC(C)c1ccc(OC(C)C)cc1. The highest BCUT2D eigenvalue weighted by Gasteiger charge is 2.10. The Kier molecular flexibility index (Phi) is 6.52. The van der Waals surface area contributed by atoms with E-state index in [1.54, 1.807) is 6.92 Å². The molecular weight excluding hydrogens is 254 g/mol. The predicted octanol–water partition coefficient (Wildman–Crippen LogP) is 2.81. The third-order valence-electron chi connectivity index (χ3n) is 2.92. The van der Waals surface area contributed by atoms with Crippen molar-refractivity contribution < 1.29 is 14.6 Å². The van der Waals surface area contributed by atoms with E-state index >= 15 is 0 Å². The second-order valence-electron chi connectivity index (χ2n) is 5.41. The number of hydrogen-bond donors (Lipinski definition) is 2.